The summed E-state index contributed by atoms with van der Waals surface area (Å²) in [7, 11) is -6.79. The van der Waals surface area contributed by atoms with Gasteiger partial charge in [0.25, 0.3) is 5.56 Å². The van der Waals surface area contributed by atoms with E-state index in [9.17, 15) is 9.36 Å². The molecular weight excluding hydrogens is 384 g/mol. The predicted octanol–water partition coefficient (Wildman–Crippen LogP) is -0.691. The maximum Gasteiger partial charge on any atom is 0.476 e. The van der Waals surface area contributed by atoms with E-state index >= 15 is 0 Å². The Labute approximate surface area is 140 Å². The first-order valence-electron chi connectivity index (χ1n) is 6.45. The lowest BCUT2D eigenvalue weighted by Crippen LogP contribution is -2.29. The van der Waals surface area contributed by atoms with Crippen molar-refractivity contribution in [1.29, 1.82) is 0 Å². The van der Waals surface area contributed by atoms with E-state index < -0.39 is 28.1 Å². The zero-order valence-electron chi connectivity index (χ0n) is 12.3. The van der Waals surface area contributed by atoms with Crippen molar-refractivity contribution in [1.82, 2.24) is 19.5 Å². The molecule has 0 unspecified atom stereocenters. The Hall–Kier alpha value is -1.47. The van der Waals surface area contributed by atoms with Gasteiger partial charge in [0, 0.05) is 0 Å². The number of imidazole rings is 1. The fraction of sp³-hybridized carbons (Fsp3) is 0.444. The van der Waals surface area contributed by atoms with Gasteiger partial charge < -0.3 is 34.8 Å². The van der Waals surface area contributed by atoms with Gasteiger partial charge in [-0.1, -0.05) is 0 Å². The molecule has 2 aromatic rings. The van der Waals surface area contributed by atoms with Crippen LogP contribution in [-0.4, -0.2) is 48.6 Å². The van der Waals surface area contributed by atoms with E-state index in [1.807, 2.05) is 0 Å². The largest absolute Gasteiger partial charge is 2.00 e. The number of fused-ring (bicyclic) bond motifs is 1. The van der Waals surface area contributed by atoms with Gasteiger partial charge in [0.1, 0.15) is 12.8 Å². The predicted molar refractivity (Wildman–Crippen MR) is 80.1 cm³/mol. The van der Waals surface area contributed by atoms with Crippen LogP contribution in [0.4, 0.5) is 5.95 Å². The molecule has 1 fully saturated rings. The number of H-pyrrole nitrogens is 1. The summed E-state index contributed by atoms with van der Waals surface area (Å²) in [6.07, 6.45) is 0.877. The zero-order valence-corrected chi connectivity index (χ0v) is 14.1. The highest BCUT2D eigenvalue weighted by atomic mass is 31.3. The molecule has 0 aliphatic carbocycles. The van der Waals surface area contributed by atoms with Crippen molar-refractivity contribution in [3.63, 3.8) is 0 Å². The lowest BCUT2D eigenvalue weighted by atomic mass is 10.4. The van der Waals surface area contributed by atoms with Crippen LogP contribution in [0.2, 0.25) is 0 Å². The monoisotopic (exact) mass is 397 g/mol. The molecule has 140 valence electrons. The van der Waals surface area contributed by atoms with E-state index in [-0.39, 0.29) is 42.5 Å². The minimum atomic E-state index is -4.67. The van der Waals surface area contributed by atoms with Crippen LogP contribution in [0, 0.1) is 0 Å². The molecule has 0 aromatic carbocycles. The number of ether oxygens (including phenoxy) is 1. The molecule has 0 amide bonds. The summed E-state index contributed by atoms with van der Waals surface area (Å²) >= 11 is 0. The fourth-order valence-corrected chi connectivity index (χ4v) is 3.58. The number of nitrogens with zero attached hydrogens (tertiary/aromatic N) is 3. The molecule has 0 atom stereocenters. The van der Waals surface area contributed by atoms with E-state index in [1.54, 1.807) is 0 Å². The Morgan fingerprint density at radius 1 is 1.48 bits per heavy atom. The van der Waals surface area contributed by atoms with Gasteiger partial charge in [0.05, 0.1) is 19.5 Å². The standard InChI is InChI=1S/C9H13N5O8P2.O/c10-9-12-7-6(8(15)13-9)11-3-14(7)4-19-5-1-20-23(21-2-5)22-24(16,17)18;/h3,5H,1-2,4H2,(H2,16,17,18)(H3,10,12,13,15);/q;-2. The molecule has 0 saturated carbocycles. The summed E-state index contributed by atoms with van der Waals surface area (Å²) in [4.78, 5) is 39.3. The number of nitrogen functional groups attached to an aromatic ring is 1. The van der Waals surface area contributed by atoms with E-state index in [1.165, 1.54) is 10.9 Å². The molecule has 0 bridgehead atoms. The molecule has 0 spiro atoms. The first-order chi connectivity index (χ1) is 11.3. The number of anilines is 1. The van der Waals surface area contributed by atoms with Crippen molar-refractivity contribution in [2.75, 3.05) is 18.9 Å². The third kappa shape index (κ3) is 5.01. The summed E-state index contributed by atoms with van der Waals surface area (Å²) in [5.41, 5.74) is 5.43. The molecular formula is C9H13N5O9P2-2. The average Bonchev–Trinajstić information content (AvgIpc) is 2.88. The van der Waals surface area contributed by atoms with Gasteiger partial charge in [-0.15, -0.1) is 0 Å². The zero-order chi connectivity index (χ0) is 17.3. The van der Waals surface area contributed by atoms with Crippen LogP contribution >= 0.6 is 16.4 Å². The molecule has 5 N–H and O–H groups in total. The Morgan fingerprint density at radius 2 is 2.16 bits per heavy atom. The molecule has 2 aromatic heterocycles. The second-order valence-corrected chi connectivity index (χ2v) is 7.24. The molecule has 1 saturated heterocycles. The van der Waals surface area contributed by atoms with E-state index in [2.05, 4.69) is 19.3 Å². The maximum absolute atomic E-state index is 11.7. The molecule has 1 aliphatic rings. The average molecular weight is 397 g/mol. The van der Waals surface area contributed by atoms with Gasteiger partial charge in [-0.25, -0.2) is 13.9 Å². The van der Waals surface area contributed by atoms with Crippen LogP contribution in [-0.2, 0) is 34.9 Å². The molecule has 16 heteroatoms. The van der Waals surface area contributed by atoms with Gasteiger partial charge in [0.2, 0.25) is 5.95 Å². The molecule has 0 radical (unpaired) electrons. The number of aromatic amines is 1. The van der Waals surface area contributed by atoms with E-state index in [0.29, 0.717) is 0 Å². The van der Waals surface area contributed by atoms with Crippen molar-refractivity contribution >= 4 is 33.5 Å². The van der Waals surface area contributed by atoms with Crippen molar-refractivity contribution in [3.05, 3.63) is 16.7 Å². The fourth-order valence-electron chi connectivity index (χ4n) is 1.85. The Bertz CT molecular complexity index is 826. The topological polar surface area (TPSA) is 213 Å². The number of phosphoric acid groups is 1. The minimum absolute atomic E-state index is 0. The maximum atomic E-state index is 11.7. The third-order valence-electron chi connectivity index (χ3n) is 2.85. The smallest absolute Gasteiger partial charge is 0.476 e. The van der Waals surface area contributed by atoms with E-state index in [0.717, 1.165) is 0 Å². The molecule has 1 aliphatic heterocycles. The Kier molecular flexibility index (Phi) is 6.21. The van der Waals surface area contributed by atoms with Crippen molar-refractivity contribution in [2.45, 2.75) is 12.8 Å². The van der Waals surface area contributed by atoms with Crippen LogP contribution < -0.4 is 11.3 Å². The first-order valence-corrected chi connectivity index (χ1v) is 9.08. The van der Waals surface area contributed by atoms with Gasteiger partial charge in [-0.2, -0.15) is 4.98 Å². The number of aromatic nitrogens is 4. The summed E-state index contributed by atoms with van der Waals surface area (Å²) < 4.78 is 32.1. The summed E-state index contributed by atoms with van der Waals surface area (Å²) in [5, 5.41) is 0. The van der Waals surface area contributed by atoms with Gasteiger partial charge in [0.15, 0.2) is 11.2 Å². The lowest BCUT2D eigenvalue weighted by Gasteiger charge is -2.27. The third-order valence-corrected chi connectivity index (χ3v) is 4.95. The van der Waals surface area contributed by atoms with Crippen LogP contribution in [0.15, 0.2) is 11.1 Å². The number of hydrogen-bond acceptors (Lipinski definition) is 9. The molecule has 14 nitrogen and oxygen atoms in total. The number of nitrogens with one attached hydrogen (secondary N) is 1. The van der Waals surface area contributed by atoms with Crippen molar-refractivity contribution in [3.8, 4) is 0 Å². The second kappa shape index (κ2) is 7.83. The van der Waals surface area contributed by atoms with Gasteiger partial charge in [-0.3, -0.25) is 14.3 Å². The van der Waals surface area contributed by atoms with Crippen LogP contribution in [0.25, 0.3) is 11.2 Å². The Balaban J connectivity index is 0.00000225. The molecule has 3 rings (SSSR count). The number of nitrogens with two attached hydrogens (primary N) is 1. The van der Waals surface area contributed by atoms with Crippen LogP contribution in [0.5, 0.6) is 0 Å². The highest BCUT2D eigenvalue weighted by Crippen LogP contribution is 2.56. The van der Waals surface area contributed by atoms with Gasteiger partial charge in [-0.05, 0) is 0 Å². The quantitative estimate of drug-likeness (QED) is 0.463. The SMILES string of the molecule is Nc1nc2c(ncn2COC2COP(OP(=O)(O)O)OC2)c(=O)[nH]1.[O-2]. The lowest BCUT2D eigenvalue weighted by molar-refractivity contribution is -0.0629. The molecule has 3 heterocycles. The summed E-state index contributed by atoms with van der Waals surface area (Å²) in [6, 6.07) is 0. The Morgan fingerprint density at radius 3 is 2.80 bits per heavy atom. The number of hydrogen-bond donors (Lipinski definition) is 4. The highest BCUT2D eigenvalue weighted by Gasteiger charge is 2.31. The van der Waals surface area contributed by atoms with Crippen LogP contribution in [0.3, 0.4) is 0 Å². The molecule has 25 heavy (non-hydrogen) atoms. The second-order valence-electron chi connectivity index (χ2n) is 4.64. The minimum Gasteiger partial charge on any atom is -2.00 e. The summed E-state index contributed by atoms with van der Waals surface area (Å²) in [5.74, 6) is -0.0428. The highest BCUT2D eigenvalue weighted by molar-refractivity contribution is 7.58. The van der Waals surface area contributed by atoms with Crippen molar-refractivity contribution < 1.29 is 37.9 Å². The summed E-state index contributed by atoms with van der Waals surface area (Å²) in [6.45, 7) is 0.0457. The van der Waals surface area contributed by atoms with E-state index in [4.69, 9.17) is 29.3 Å². The van der Waals surface area contributed by atoms with Crippen LogP contribution in [0.1, 0.15) is 0 Å². The van der Waals surface area contributed by atoms with Gasteiger partial charge >= 0.3 is 16.4 Å². The number of rotatable bonds is 5. The van der Waals surface area contributed by atoms with Crippen molar-refractivity contribution in [2.24, 2.45) is 0 Å². The first kappa shape index (κ1) is 19.8. The normalized spacial score (nSPS) is 21.2.